The summed E-state index contributed by atoms with van der Waals surface area (Å²) in [6, 6.07) is 3.84. The van der Waals surface area contributed by atoms with Crippen molar-refractivity contribution in [3.8, 4) is 0 Å². The second-order valence-corrected chi connectivity index (χ2v) is 5.50. The van der Waals surface area contributed by atoms with Crippen LogP contribution in [0.3, 0.4) is 0 Å². The molecule has 0 saturated carbocycles. The predicted molar refractivity (Wildman–Crippen MR) is 82.4 cm³/mol. The first-order valence-electron chi connectivity index (χ1n) is 6.56. The quantitative estimate of drug-likeness (QED) is 0.920. The van der Waals surface area contributed by atoms with E-state index in [0.717, 1.165) is 30.0 Å². The molecule has 0 aliphatic heterocycles. The Hall–Kier alpha value is -1.10. The van der Waals surface area contributed by atoms with Gasteiger partial charge in [-0.3, -0.25) is 9.67 Å². The van der Waals surface area contributed by atoms with Crippen LogP contribution in [0.15, 0.2) is 18.3 Å². The molecule has 0 aliphatic carbocycles. The van der Waals surface area contributed by atoms with Crippen molar-refractivity contribution in [1.29, 1.82) is 0 Å². The minimum absolute atomic E-state index is 0.0289. The van der Waals surface area contributed by atoms with Gasteiger partial charge in [-0.25, -0.2) is 0 Å². The summed E-state index contributed by atoms with van der Waals surface area (Å²) in [5.41, 5.74) is 2.99. The second-order valence-electron chi connectivity index (χ2n) is 4.66. The molecular weight excluding hydrogens is 295 g/mol. The number of nitrogens with one attached hydrogen (secondary N) is 1. The maximum Gasteiger partial charge on any atom is 0.0764 e. The number of rotatable bonds is 5. The van der Waals surface area contributed by atoms with E-state index in [0.29, 0.717) is 10.0 Å². The highest BCUT2D eigenvalue weighted by atomic mass is 35.5. The predicted octanol–water partition coefficient (Wildman–Crippen LogP) is 3.42. The Balaban J connectivity index is 2.28. The monoisotopic (exact) mass is 312 g/mol. The second kappa shape index (κ2) is 6.57. The molecule has 0 fully saturated rings. The number of aromatic nitrogens is 3. The van der Waals surface area contributed by atoms with Gasteiger partial charge in [0.1, 0.15) is 0 Å². The fraction of sp³-hybridized carbons (Fsp3) is 0.429. The summed E-state index contributed by atoms with van der Waals surface area (Å²) >= 11 is 12.1. The molecule has 108 valence electrons. The zero-order chi connectivity index (χ0) is 14.7. The Bertz CT molecular complexity index is 595. The van der Waals surface area contributed by atoms with Crippen LogP contribution in [0, 0.1) is 6.92 Å². The van der Waals surface area contributed by atoms with E-state index < -0.39 is 0 Å². The Morgan fingerprint density at radius 1 is 1.35 bits per heavy atom. The number of hydrogen-bond acceptors (Lipinski definition) is 3. The highest BCUT2D eigenvalue weighted by Gasteiger charge is 2.18. The molecule has 0 radical (unpaired) electrons. The summed E-state index contributed by atoms with van der Waals surface area (Å²) in [5.74, 6) is 0. The van der Waals surface area contributed by atoms with Gasteiger partial charge in [0, 0.05) is 24.9 Å². The SMILES string of the molecule is CCn1nc(C)cc1CC(NC)c1ncc(Cl)cc1Cl. The van der Waals surface area contributed by atoms with Gasteiger partial charge >= 0.3 is 0 Å². The number of pyridine rings is 1. The van der Waals surface area contributed by atoms with Crippen LogP contribution in [-0.4, -0.2) is 21.8 Å². The minimum Gasteiger partial charge on any atom is -0.311 e. The first kappa shape index (κ1) is 15.3. The van der Waals surface area contributed by atoms with Gasteiger partial charge in [0.15, 0.2) is 0 Å². The largest absolute Gasteiger partial charge is 0.311 e. The lowest BCUT2D eigenvalue weighted by Gasteiger charge is -2.17. The molecule has 2 aromatic heterocycles. The molecule has 1 unspecified atom stereocenters. The van der Waals surface area contributed by atoms with Gasteiger partial charge in [-0.15, -0.1) is 0 Å². The first-order valence-corrected chi connectivity index (χ1v) is 7.32. The van der Waals surface area contributed by atoms with Crippen LogP contribution in [-0.2, 0) is 13.0 Å². The van der Waals surface area contributed by atoms with Gasteiger partial charge in [0.05, 0.1) is 27.5 Å². The number of likely N-dealkylation sites (N-methyl/N-ethyl adjacent to an activating group) is 1. The number of aryl methyl sites for hydroxylation is 2. The first-order chi connectivity index (χ1) is 9.55. The lowest BCUT2D eigenvalue weighted by atomic mass is 10.1. The number of halogens is 2. The van der Waals surface area contributed by atoms with Crippen LogP contribution < -0.4 is 5.32 Å². The third kappa shape index (κ3) is 3.32. The minimum atomic E-state index is 0.0289. The average molecular weight is 313 g/mol. The fourth-order valence-corrected chi connectivity index (χ4v) is 2.78. The van der Waals surface area contributed by atoms with Crippen LogP contribution in [0.25, 0.3) is 0 Å². The van der Waals surface area contributed by atoms with Crippen LogP contribution in [0.1, 0.15) is 30.0 Å². The average Bonchev–Trinajstić information content (AvgIpc) is 2.76. The number of nitrogens with zero attached hydrogens (tertiary/aromatic N) is 3. The van der Waals surface area contributed by atoms with E-state index in [1.807, 2.05) is 18.7 Å². The maximum absolute atomic E-state index is 6.24. The summed E-state index contributed by atoms with van der Waals surface area (Å²) in [7, 11) is 1.90. The van der Waals surface area contributed by atoms with Crippen LogP contribution in [0.5, 0.6) is 0 Å². The standard InChI is InChI=1S/C14H18Cl2N4/c1-4-20-11(5-9(2)19-20)7-13(17-3)14-12(16)6-10(15)8-18-14/h5-6,8,13,17H,4,7H2,1-3H3. The normalized spacial score (nSPS) is 12.7. The molecule has 2 heterocycles. The van der Waals surface area contributed by atoms with Gasteiger partial charge in [0.2, 0.25) is 0 Å². The summed E-state index contributed by atoms with van der Waals surface area (Å²) < 4.78 is 2.00. The topological polar surface area (TPSA) is 42.7 Å². The molecular formula is C14H18Cl2N4. The van der Waals surface area contributed by atoms with Crippen molar-refractivity contribution >= 4 is 23.2 Å². The summed E-state index contributed by atoms with van der Waals surface area (Å²) in [6.07, 6.45) is 2.40. The van der Waals surface area contributed by atoms with E-state index in [1.165, 1.54) is 0 Å². The summed E-state index contributed by atoms with van der Waals surface area (Å²) in [5, 5.41) is 8.84. The van der Waals surface area contributed by atoms with E-state index in [9.17, 15) is 0 Å². The molecule has 1 atom stereocenters. The van der Waals surface area contributed by atoms with Crippen molar-refractivity contribution in [3.63, 3.8) is 0 Å². The Labute approximate surface area is 129 Å². The van der Waals surface area contributed by atoms with Gasteiger partial charge in [-0.2, -0.15) is 5.10 Å². The lowest BCUT2D eigenvalue weighted by Crippen LogP contribution is -2.22. The van der Waals surface area contributed by atoms with Crippen LogP contribution in [0.4, 0.5) is 0 Å². The lowest BCUT2D eigenvalue weighted by molar-refractivity contribution is 0.532. The molecule has 0 aromatic carbocycles. The van der Waals surface area contributed by atoms with Crippen LogP contribution >= 0.6 is 23.2 Å². The highest BCUT2D eigenvalue weighted by Crippen LogP contribution is 2.26. The number of hydrogen-bond donors (Lipinski definition) is 1. The van der Waals surface area contributed by atoms with E-state index >= 15 is 0 Å². The third-order valence-corrected chi connectivity index (χ3v) is 3.72. The van der Waals surface area contributed by atoms with Crippen molar-refractivity contribution in [2.24, 2.45) is 0 Å². The van der Waals surface area contributed by atoms with Crippen molar-refractivity contribution in [2.75, 3.05) is 7.05 Å². The Kier molecular flexibility index (Phi) is 5.02. The van der Waals surface area contributed by atoms with Crippen molar-refractivity contribution in [2.45, 2.75) is 32.9 Å². The molecule has 2 rings (SSSR count). The Morgan fingerprint density at radius 3 is 2.70 bits per heavy atom. The zero-order valence-electron chi connectivity index (χ0n) is 11.8. The molecule has 4 nitrogen and oxygen atoms in total. The molecule has 2 aromatic rings. The highest BCUT2D eigenvalue weighted by molar-refractivity contribution is 6.34. The van der Waals surface area contributed by atoms with E-state index in [-0.39, 0.29) is 6.04 Å². The van der Waals surface area contributed by atoms with E-state index in [1.54, 1.807) is 12.3 Å². The molecule has 20 heavy (non-hydrogen) atoms. The Morgan fingerprint density at radius 2 is 2.10 bits per heavy atom. The van der Waals surface area contributed by atoms with Crippen molar-refractivity contribution in [1.82, 2.24) is 20.1 Å². The summed E-state index contributed by atoms with van der Waals surface area (Å²) in [6.45, 7) is 4.93. The molecule has 6 heteroatoms. The molecule has 0 saturated heterocycles. The molecule has 0 bridgehead atoms. The van der Waals surface area contributed by atoms with E-state index in [4.69, 9.17) is 23.2 Å². The molecule has 0 aliphatic rings. The van der Waals surface area contributed by atoms with Gasteiger partial charge in [0.25, 0.3) is 0 Å². The molecule has 0 amide bonds. The fourth-order valence-electron chi connectivity index (χ4n) is 2.26. The van der Waals surface area contributed by atoms with Crippen LogP contribution in [0.2, 0.25) is 10.0 Å². The van der Waals surface area contributed by atoms with Crippen molar-refractivity contribution in [3.05, 3.63) is 45.5 Å². The van der Waals surface area contributed by atoms with E-state index in [2.05, 4.69) is 28.4 Å². The molecule has 0 spiro atoms. The van der Waals surface area contributed by atoms with Gasteiger partial charge in [-0.1, -0.05) is 23.2 Å². The molecule has 1 N–H and O–H groups in total. The zero-order valence-corrected chi connectivity index (χ0v) is 13.3. The summed E-state index contributed by atoms with van der Waals surface area (Å²) in [4.78, 5) is 4.35. The van der Waals surface area contributed by atoms with Gasteiger partial charge in [-0.05, 0) is 33.0 Å². The smallest absolute Gasteiger partial charge is 0.0764 e. The maximum atomic E-state index is 6.24. The third-order valence-electron chi connectivity index (χ3n) is 3.21. The van der Waals surface area contributed by atoms with Gasteiger partial charge < -0.3 is 5.32 Å². The van der Waals surface area contributed by atoms with Crippen molar-refractivity contribution < 1.29 is 0 Å².